The third-order valence-electron chi connectivity index (χ3n) is 3.71. The molecular formula is C19H11Cl2NO5S2. The minimum absolute atomic E-state index is 0.183. The number of thioether (sulfide) groups is 1. The summed E-state index contributed by atoms with van der Waals surface area (Å²) in [6, 6.07) is 10.9. The lowest BCUT2D eigenvalue weighted by Crippen LogP contribution is -2.33. The van der Waals surface area contributed by atoms with Crippen molar-refractivity contribution in [2.45, 2.75) is 0 Å². The summed E-state index contributed by atoms with van der Waals surface area (Å²) in [6.45, 7) is -0.482. The fourth-order valence-corrected chi connectivity index (χ4v) is 4.11. The molecule has 1 aliphatic heterocycles. The van der Waals surface area contributed by atoms with Gasteiger partial charge in [-0.3, -0.25) is 14.5 Å². The normalized spacial score (nSPS) is 15.1. The van der Waals surface area contributed by atoms with Gasteiger partial charge < -0.3 is 9.84 Å². The first-order valence-electron chi connectivity index (χ1n) is 7.99. The first-order valence-corrected chi connectivity index (χ1v) is 9.97. The Morgan fingerprint density at radius 2 is 1.86 bits per heavy atom. The Labute approximate surface area is 185 Å². The van der Waals surface area contributed by atoms with E-state index in [2.05, 4.69) is 0 Å². The Kier molecular flexibility index (Phi) is 6.59. The predicted octanol–water partition coefficient (Wildman–Crippen LogP) is 4.50. The van der Waals surface area contributed by atoms with Gasteiger partial charge in [-0.1, -0.05) is 59.3 Å². The van der Waals surface area contributed by atoms with Crippen molar-refractivity contribution in [3.8, 4) is 5.75 Å². The molecule has 0 atom stereocenters. The highest BCUT2D eigenvalue weighted by molar-refractivity contribution is 8.26. The molecule has 1 heterocycles. The third-order valence-corrected chi connectivity index (χ3v) is 5.63. The van der Waals surface area contributed by atoms with Crippen molar-refractivity contribution >= 4 is 75.4 Å². The number of carbonyl (C=O) groups is 3. The van der Waals surface area contributed by atoms with Gasteiger partial charge in [-0.15, -0.1) is 0 Å². The van der Waals surface area contributed by atoms with Crippen molar-refractivity contribution in [2.75, 3.05) is 6.54 Å². The van der Waals surface area contributed by atoms with Crippen LogP contribution in [0.15, 0.2) is 47.4 Å². The molecule has 0 unspecified atom stereocenters. The summed E-state index contributed by atoms with van der Waals surface area (Å²) in [5.74, 6) is -1.95. The van der Waals surface area contributed by atoms with Crippen LogP contribution in [-0.2, 0) is 9.59 Å². The molecule has 6 nitrogen and oxygen atoms in total. The van der Waals surface area contributed by atoms with E-state index in [1.54, 1.807) is 30.3 Å². The van der Waals surface area contributed by atoms with E-state index >= 15 is 0 Å². The molecule has 0 aromatic heterocycles. The number of halogens is 2. The molecule has 148 valence electrons. The van der Waals surface area contributed by atoms with Crippen molar-refractivity contribution in [3.05, 3.63) is 68.5 Å². The Hall–Kier alpha value is -2.39. The van der Waals surface area contributed by atoms with Crippen LogP contribution in [0.25, 0.3) is 6.08 Å². The smallest absolute Gasteiger partial charge is 0.345 e. The summed E-state index contributed by atoms with van der Waals surface area (Å²) in [5, 5.41) is 9.45. The summed E-state index contributed by atoms with van der Waals surface area (Å²) in [6.07, 6.45) is 1.59. The third kappa shape index (κ3) is 5.16. The average molecular weight is 468 g/mol. The van der Waals surface area contributed by atoms with E-state index in [1.165, 1.54) is 18.2 Å². The van der Waals surface area contributed by atoms with E-state index < -0.39 is 24.4 Å². The lowest BCUT2D eigenvalue weighted by atomic mass is 10.2. The average Bonchev–Trinajstić information content (AvgIpc) is 2.90. The molecule has 2 aromatic carbocycles. The highest BCUT2D eigenvalue weighted by Crippen LogP contribution is 2.32. The predicted molar refractivity (Wildman–Crippen MR) is 115 cm³/mol. The topological polar surface area (TPSA) is 83.9 Å². The zero-order valence-corrected chi connectivity index (χ0v) is 17.6. The second-order valence-electron chi connectivity index (χ2n) is 5.74. The molecule has 0 saturated carbocycles. The summed E-state index contributed by atoms with van der Waals surface area (Å²) in [7, 11) is 0. The van der Waals surface area contributed by atoms with Crippen molar-refractivity contribution in [2.24, 2.45) is 0 Å². The Morgan fingerprint density at radius 3 is 2.48 bits per heavy atom. The maximum atomic E-state index is 12.3. The van der Waals surface area contributed by atoms with E-state index in [1.807, 2.05) is 0 Å². The molecule has 10 heteroatoms. The lowest BCUT2D eigenvalue weighted by Gasteiger charge is -2.10. The van der Waals surface area contributed by atoms with Gasteiger partial charge in [-0.05, 0) is 42.0 Å². The van der Waals surface area contributed by atoms with Gasteiger partial charge in [0.1, 0.15) is 16.6 Å². The van der Waals surface area contributed by atoms with E-state index in [9.17, 15) is 14.4 Å². The number of hydrogen-bond acceptors (Lipinski definition) is 6. The zero-order chi connectivity index (χ0) is 21.1. The number of rotatable bonds is 5. The largest absolute Gasteiger partial charge is 0.480 e. The van der Waals surface area contributed by atoms with Crippen molar-refractivity contribution < 1.29 is 24.2 Å². The fourth-order valence-electron chi connectivity index (χ4n) is 2.37. The number of benzene rings is 2. The number of carboxylic acids is 1. The minimum atomic E-state index is -1.14. The standard InChI is InChI=1S/C19H11Cl2NO5S2/c20-11-3-6-13(14(21)8-11)18(26)27-12-4-1-10(2-5-12)7-15-17(25)22(9-16(23)24)19(28)29-15/h1-8H,9H2,(H,23,24). The number of carbonyl (C=O) groups excluding carboxylic acids is 2. The van der Waals surface area contributed by atoms with Gasteiger partial charge in [0.25, 0.3) is 5.91 Å². The van der Waals surface area contributed by atoms with Crippen molar-refractivity contribution in [3.63, 3.8) is 0 Å². The molecule has 0 spiro atoms. The van der Waals surface area contributed by atoms with Gasteiger partial charge in [0.05, 0.1) is 15.5 Å². The molecule has 0 bridgehead atoms. The highest BCUT2D eigenvalue weighted by Gasteiger charge is 2.33. The summed E-state index contributed by atoms with van der Waals surface area (Å²) in [5.41, 5.74) is 0.840. The number of thiocarbonyl (C=S) groups is 1. The Balaban J connectivity index is 1.71. The molecule has 1 fully saturated rings. The van der Waals surface area contributed by atoms with Crippen LogP contribution in [0, 0.1) is 0 Å². The molecule has 1 amide bonds. The lowest BCUT2D eigenvalue weighted by molar-refractivity contribution is -0.140. The molecule has 3 rings (SSSR count). The van der Waals surface area contributed by atoms with E-state index in [0.29, 0.717) is 15.5 Å². The zero-order valence-electron chi connectivity index (χ0n) is 14.4. The van der Waals surface area contributed by atoms with Gasteiger partial charge in [0.15, 0.2) is 0 Å². The monoisotopic (exact) mass is 467 g/mol. The minimum Gasteiger partial charge on any atom is -0.480 e. The summed E-state index contributed by atoms with van der Waals surface area (Å²) in [4.78, 5) is 36.7. The highest BCUT2D eigenvalue weighted by atomic mass is 35.5. The van der Waals surface area contributed by atoms with Gasteiger partial charge in [0, 0.05) is 5.02 Å². The maximum absolute atomic E-state index is 12.3. The van der Waals surface area contributed by atoms with Crippen molar-refractivity contribution in [1.29, 1.82) is 0 Å². The van der Waals surface area contributed by atoms with Crippen LogP contribution in [0.1, 0.15) is 15.9 Å². The van der Waals surface area contributed by atoms with Crippen LogP contribution in [-0.4, -0.2) is 38.7 Å². The van der Waals surface area contributed by atoms with Gasteiger partial charge in [-0.25, -0.2) is 4.79 Å². The van der Waals surface area contributed by atoms with Gasteiger partial charge in [-0.2, -0.15) is 0 Å². The molecule has 1 saturated heterocycles. The molecule has 0 aliphatic carbocycles. The van der Waals surface area contributed by atoms with E-state index in [-0.39, 0.29) is 20.7 Å². The summed E-state index contributed by atoms with van der Waals surface area (Å²) >= 11 is 17.9. The second-order valence-corrected chi connectivity index (χ2v) is 8.26. The number of carboxylic acid groups (broad SMARTS) is 1. The van der Waals surface area contributed by atoms with Crippen LogP contribution < -0.4 is 4.74 Å². The molecule has 0 radical (unpaired) electrons. The molecule has 1 aliphatic rings. The maximum Gasteiger partial charge on any atom is 0.345 e. The van der Waals surface area contributed by atoms with Crippen molar-refractivity contribution in [1.82, 2.24) is 4.90 Å². The number of nitrogens with zero attached hydrogens (tertiary/aromatic N) is 1. The number of aliphatic carboxylic acids is 1. The summed E-state index contributed by atoms with van der Waals surface area (Å²) < 4.78 is 5.48. The van der Waals surface area contributed by atoms with E-state index in [4.69, 9.17) is 45.3 Å². The number of hydrogen-bond donors (Lipinski definition) is 1. The van der Waals surface area contributed by atoms with Gasteiger partial charge >= 0.3 is 11.9 Å². The first kappa shape index (κ1) is 21.3. The number of esters is 1. The molecule has 1 N–H and O–H groups in total. The molecule has 2 aromatic rings. The van der Waals surface area contributed by atoms with Gasteiger partial charge in [0.2, 0.25) is 0 Å². The molecular weight excluding hydrogens is 457 g/mol. The van der Waals surface area contributed by atoms with Crippen LogP contribution in [0.2, 0.25) is 10.0 Å². The quantitative estimate of drug-likeness (QED) is 0.300. The fraction of sp³-hybridized carbons (Fsp3) is 0.0526. The molecule has 29 heavy (non-hydrogen) atoms. The second kappa shape index (κ2) is 8.96. The van der Waals surface area contributed by atoms with Crippen LogP contribution in [0.4, 0.5) is 0 Å². The van der Waals surface area contributed by atoms with Crippen LogP contribution >= 0.6 is 47.2 Å². The Morgan fingerprint density at radius 1 is 1.17 bits per heavy atom. The van der Waals surface area contributed by atoms with Crippen LogP contribution in [0.3, 0.4) is 0 Å². The van der Waals surface area contributed by atoms with Crippen LogP contribution in [0.5, 0.6) is 5.75 Å². The first-order chi connectivity index (χ1) is 13.7. The Bertz CT molecular complexity index is 1050. The number of ether oxygens (including phenoxy) is 1. The van der Waals surface area contributed by atoms with E-state index in [0.717, 1.165) is 16.7 Å². The SMILES string of the molecule is O=C(O)CN1C(=O)C(=Cc2ccc(OC(=O)c3ccc(Cl)cc3Cl)cc2)SC1=S. The number of amides is 1.